The number of fused-ring (bicyclic) bond motifs is 2. The second-order valence-corrected chi connectivity index (χ2v) is 9.86. The number of hydrogen-bond donors (Lipinski definition) is 0. The third-order valence-corrected chi connectivity index (χ3v) is 6.40. The van der Waals surface area contributed by atoms with Crippen LogP contribution in [0.25, 0.3) is 16.2 Å². The van der Waals surface area contributed by atoms with Crippen LogP contribution in [0.15, 0.2) is 40.2 Å². The van der Waals surface area contributed by atoms with Gasteiger partial charge in [0.25, 0.3) is 0 Å². The molecule has 2 heterocycles. The molecule has 0 unspecified atom stereocenters. The molecule has 3 rings (SSSR count). The lowest BCUT2D eigenvalue weighted by Crippen LogP contribution is -2.38. The zero-order chi connectivity index (χ0) is 13.0. The molecule has 0 fully saturated rings. The van der Waals surface area contributed by atoms with Crippen LogP contribution in [0.5, 0.6) is 0 Å². The van der Waals surface area contributed by atoms with E-state index >= 15 is 0 Å². The summed E-state index contributed by atoms with van der Waals surface area (Å²) in [5, 5.41) is 0.600. The molecule has 18 heavy (non-hydrogen) atoms. The molecule has 0 atom stereocenters. The van der Waals surface area contributed by atoms with Crippen LogP contribution in [0, 0.1) is 0 Å². The van der Waals surface area contributed by atoms with Gasteiger partial charge >= 0.3 is 0 Å². The van der Waals surface area contributed by atoms with E-state index in [1.807, 2.05) is 18.2 Å². The minimum Gasteiger partial charge on any atom is -0.400 e. The molecule has 1 aliphatic heterocycles. The van der Waals surface area contributed by atoms with Crippen LogP contribution >= 0.6 is 11.3 Å². The van der Waals surface area contributed by atoms with Gasteiger partial charge in [-0.1, -0.05) is 12.1 Å². The standard InChI is InChI=1S/C13H12O3S2/c1-18(2,15)13-11(7-8-16-18)17-10-6-4-3-5-9(10)12(13)14/h3-8H,1-2H3. The van der Waals surface area contributed by atoms with E-state index in [-0.39, 0.29) is 5.43 Å². The topological polar surface area (TPSA) is 43.4 Å². The molecule has 5 heteroatoms. The summed E-state index contributed by atoms with van der Waals surface area (Å²) in [4.78, 5) is 13.5. The van der Waals surface area contributed by atoms with Gasteiger partial charge < -0.3 is 4.18 Å². The average Bonchev–Trinajstić information content (AvgIpc) is 2.27. The summed E-state index contributed by atoms with van der Waals surface area (Å²) in [5.74, 6) is 0. The second kappa shape index (κ2) is 3.30. The summed E-state index contributed by atoms with van der Waals surface area (Å²) in [5.41, 5.74) is -0.189. The van der Waals surface area contributed by atoms with Gasteiger partial charge in [-0.25, -0.2) is 0 Å². The van der Waals surface area contributed by atoms with Crippen LogP contribution in [-0.4, -0.2) is 16.7 Å². The normalized spacial score (nSPS) is 21.6. The molecule has 0 N–H and O–H groups in total. The Labute approximate surface area is 108 Å². The number of hydrogen-bond acceptors (Lipinski definition) is 4. The van der Waals surface area contributed by atoms with Gasteiger partial charge in [0, 0.05) is 22.6 Å². The Morgan fingerprint density at radius 1 is 1.22 bits per heavy atom. The van der Waals surface area contributed by atoms with Crippen LogP contribution in [0.3, 0.4) is 0 Å². The molecule has 0 spiro atoms. The van der Waals surface area contributed by atoms with Gasteiger partial charge in [0.05, 0.1) is 4.88 Å². The highest BCUT2D eigenvalue weighted by Crippen LogP contribution is 2.39. The first-order chi connectivity index (χ1) is 8.37. The molecule has 0 saturated carbocycles. The predicted octanol–water partition coefficient (Wildman–Crippen LogP) is 2.62. The van der Waals surface area contributed by atoms with E-state index in [4.69, 9.17) is 4.18 Å². The average molecular weight is 280 g/mol. The molecular weight excluding hydrogens is 268 g/mol. The highest BCUT2D eigenvalue weighted by Gasteiger charge is 2.32. The van der Waals surface area contributed by atoms with E-state index in [0.717, 1.165) is 9.58 Å². The molecule has 0 bridgehead atoms. The van der Waals surface area contributed by atoms with Crippen LogP contribution in [0.4, 0.5) is 0 Å². The lowest BCUT2D eigenvalue weighted by atomic mass is 10.2. The SMILES string of the molecule is CS1(C)(=O)OC=Cc2sc3ccccc3c(=O)c21. The Balaban J connectivity index is 2.57. The van der Waals surface area contributed by atoms with Gasteiger partial charge in [0.1, 0.15) is 11.2 Å². The maximum Gasteiger partial charge on any atom is 0.211 e. The smallest absolute Gasteiger partial charge is 0.211 e. The second-order valence-electron chi connectivity index (χ2n) is 4.74. The van der Waals surface area contributed by atoms with Gasteiger partial charge in [-0.3, -0.25) is 4.79 Å². The fourth-order valence-electron chi connectivity index (χ4n) is 2.10. The van der Waals surface area contributed by atoms with E-state index in [2.05, 4.69) is 0 Å². The van der Waals surface area contributed by atoms with Crippen molar-refractivity contribution in [2.24, 2.45) is 0 Å². The zero-order valence-corrected chi connectivity index (χ0v) is 11.6. The molecule has 0 saturated heterocycles. The number of rotatable bonds is 0. The molecule has 94 valence electrons. The van der Waals surface area contributed by atoms with Crippen molar-refractivity contribution >= 4 is 36.8 Å². The first-order valence-corrected chi connectivity index (χ1v) is 8.93. The molecule has 0 aliphatic carbocycles. The van der Waals surface area contributed by atoms with Gasteiger partial charge in [-0.15, -0.1) is 20.7 Å². The molecule has 3 nitrogen and oxygen atoms in total. The highest BCUT2D eigenvalue weighted by atomic mass is 32.3. The molecule has 0 amide bonds. The quantitative estimate of drug-likeness (QED) is 0.745. The van der Waals surface area contributed by atoms with Crippen molar-refractivity contribution in [1.82, 2.24) is 0 Å². The van der Waals surface area contributed by atoms with E-state index in [9.17, 15) is 9.00 Å². The summed E-state index contributed by atoms with van der Waals surface area (Å²) in [7, 11) is -3.52. The summed E-state index contributed by atoms with van der Waals surface area (Å²) >= 11 is 1.46. The Morgan fingerprint density at radius 3 is 2.72 bits per heavy atom. The molecule has 0 radical (unpaired) electrons. The van der Waals surface area contributed by atoms with Crippen molar-refractivity contribution < 1.29 is 8.39 Å². The van der Waals surface area contributed by atoms with Gasteiger partial charge in [0.2, 0.25) is 5.43 Å². The molecular formula is C13H12O3S2. The van der Waals surface area contributed by atoms with Crippen molar-refractivity contribution in [2.75, 3.05) is 12.5 Å². The summed E-state index contributed by atoms with van der Waals surface area (Å²) in [6.07, 6.45) is 6.13. The van der Waals surface area contributed by atoms with Crippen molar-refractivity contribution in [2.45, 2.75) is 4.90 Å². The predicted molar refractivity (Wildman–Crippen MR) is 76.5 cm³/mol. The number of benzene rings is 1. The zero-order valence-electron chi connectivity index (χ0n) is 10.0. The maximum atomic E-state index is 12.8. The van der Waals surface area contributed by atoms with Crippen LogP contribution in [0.2, 0.25) is 0 Å². The van der Waals surface area contributed by atoms with E-state index in [0.29, 0.717) is 10.3 Å². The lowest BCUT2D eigenvalue weighted by molar-refractivity contribution is 0.471. The largest absolute Gasteiger partial charge is 0.400 e. The van der Waals surface area contributed by atoms with Crippen molar-refractivity contribution in [3.8, 4) is 0 Å². The Morgan fingerprint density at radius 2 is 1.94 bits per heavy atom. The Bertz CT molecular complexity index is 809. The fraction of sp³-hybridized carbons (Fsp3) is 0.154. The maximum absolute atomic E-state index is 12.8. The van der Waals surface area contributed by atoms with Crippen molar-refractivity contribution in [3.05, 3.63) is 45.6 Å². The minimum atomic E-state index is -3.52. The first kappa shape index (κ1) is 11.6. The summed E-state index contributed by atoms with van der Waals surface area (Å²) in [6, 6.07) is 7.36. The van der Waals surface area contributed by atoms with E-state index in [1.165, 1.54) is 30.1 Å². The van der Waals surface area contributed by atoms with Crippen LogP contribution < -0.4 is 5.43 Å². The van der Waals surface area contributed by atoms with Crippen LogP contribution in [0.1, 0.15) is 4.88 Å². The van der Waals surface area contributed by atoms with Gasteiger partial charge in [0.15, 0.2) is 0 Å². The summed E-state index contributed by atoms with van der Waals surface area (Å²) in [6.45, 7) is 0. The molecule has 1 aromatic heterocycles. The third-order valence-electron chi connectivity index (χ3n) is 2.91. The molecule has 2 aromatic rings. The first-order valence-electron chi connectivity index (χ1n) is 5.40. The molecule has 1 aromatic carbocycles. The minimum absolute atomic E-state index is 0.189. The lowest BCUT2D eigenvalue weighted by Gasteiger charge is -2.41. The van der Waals surface area contributed by atoms with Crippen molar-refractivity contribution in [3.63, 3.8) is 0 Å². The van der Waals surface area contributed by atoms with Gasteiger partial charge in [-0.05, 0) is 18.2 Å². The third kappa shape index (κ3) is 1.54. The Hall–Kier alpha value is -1.46. The van der Waals surface area contributed by atoms with E-state index < -0.39 is 9.35 Å². The Kier molecular flexibility index (Phi) is 2.13. The highest BCUT2D eigenvalue weighted by molar-refractivity contribution is 8.15. The monoisotopic (exact) mass is 280 g/mol. The summed E-state index contributed by atoms with van der Waals surface area (Å²) < 4.78 is 19.0. The fourth-order valence-corrected chi connectivity index (χ4v) is 5.63. The van der Waals surface area contributed by atoms with E-state index in [1.54, 1.807) is 12.1 Å². The van der Waals surface area contributed by atoms with Gasteiger partial charge in [-0.2, -0.15) is 4.21 Å². The molecule has 1 aliphatic rings. The van der Waals surface area contributed by atoms with Crippen LogP contribution in [-0.2, 0) is 13.5 Å². The van der Waals surface area contributed by atoms with Crippen molar-refractivity contribution in [1.29, 1.82) is 0 Å².